The molecule has 0 radical (unpaired) electrons. The molecule has 2 aromatic carbocycles. The number of benzene rings is 2. The number of urea groups is 1. The van der Waals surface area contributed by atoms with Crippen molar-refractivity contribution in [2.75, 3.05) is 39.2 Å². The van der Waals surface area contributed by atoms with Gasteiger partial charge in [0.1, 0.15) is 22.2 Å². The van der Waals surface area contributed by atoms with Crippen LogP contribution in [0, 0.1) is 11.7 Å². The summed E-state index contributed by atoms with van der Waals surface area (Å²) in [4.78, 5) is 14.0. The average Bonchev–Trinajstić information content (AvgIpc) is 2.78. The third-order valence-corrected chi connectivity index (χ3v) is 6.67. The van der Waals surface area contributed by atoms with Crippen LogP contribution in [-0.2, 0) is 10.0 Å². The maximum Gasteiger partial charge on any atom is 0.321 e. The normalized spacial score (nSPS) is 14.9. The van der Waals surface area contributed by atoms with Gasteiger partial charge in [-0.05, 0) is 49.1 Å². The first-order valence-electron chi connectivity index (χ1n) is 9.86. The van der Waals surface area contributed by atoms with Gasteiger partial charge in [-0.15, -0.1) is 0 Å². The molecule has 10 heteroatoms. The fourth-order valence-corrected chi connectivity index (χ4v) is 4.74. The van der Waals surface area contributed by atoms with Gasteiger partial charge in [0, 0.05) is 19.6 Å². The standard InChI is InChI=1S/C21H26FN3O5S/c1-29-18-6-4-3-5-17(18)24-21(26)25-11-9-15(10-12-25)14-23-31(27,28)20-13-16(22)7-8-19(20)30-2/h3-8,13,15,23H,9-12,14H2,1-2H3,(H,24,26). The lowest BCUT2D eigenvalue weighted by atomic mass is 9.97. The summed E-state index contributed by atoms with van der Waals surface area (Å²) in [6.07, 6.45) is 1.28. The predicted octanol–water partition coefficient (Wildman–Crippen LogP) is 3.07. The second-order valence-electron chi connectivity index (χ2n) is 7.21. The summed E-state index contributed by atoms with van der Waals surface area (Å²) in [7, 11) is -1.05. The molecule has 0 saturated carbocycles. The molecule has 0 aromatic heterocycles. The van der Waals surface area contributed by atoms with E-state index in [-0.39, 0.29) is 29.1 Å². The Kier molecular flexibility index (Phi) is 7.34. The Morgan fingerprint density at radius 1 is 1.10 bits per heavy atom. The van der Waals surface area contributed by atoms with Gasteiger partial charge in [0.25, 0.3) is 0 Å². The summed E-state index contributed by atoms with van der Waals surface area (Å²) >= 11 is 0. The van der Waals surface area contributed by atoms with Gasteiger partial charge in [-0.1, -0.05) is 12.1 Å². The number of methoxy groups -OCH3 is 2. The van der Waals surface area contributed by atoms with Gasteiger partial charge < -0.3 is 19.7 Å². The Morgan fingerprint density at radius 3 is 2.45 bits per heavy atom. The first-order chi connectivity index (χ1) is 14.8. The Morgan fingerprint density at radius 2 is 1.77 bits per heavy atom. The van der Waals surface area contributed by atoms with Gasteiger partial charge >= 0.3 is 6.03 Å². The van der Waals surface area contributed by atoms with Crippen LogP contribution in [0.2, 0.25) is 0 Å². The van der Waals surface area contributed by atoms with Crippen LogP contribution < -0.4 is 19.5 Å². The summed E-state index contributed by atoms with van der Waals surface area (Å²) in [5.74, 6) is 0.0600. The van der Waals surface area contributed by atoms with Crippen LogP contribution in [0.15, 0.2) is 47.4 Å². The maximum atomic E-state index is 13.5. The Hall–Kier alpha value is -2.85. The van der Waals surface area contributed by atoms with Crippen LogP contribution in [0.4, 0.5) is 14.9 Å². The number of rotatable bonds is 7. The smallest absolute Gasteiger partial charge is 0.321 e. The number of nitrogens with one attached hydrogen (secondary N) is 2. The minimum atomic E-state index is -3.92. The number of sulfonamides is 1. The third-order valence-electron chi connectivity index (χ3n) is 5.23. The van der Waals surface area contributed by atoms with E-state index in [1.54, 1.807) is 17.0 Å². The highest BCUT2D eigenvalue weighted by Gasteiger charge is 2.26. The van der Waals surface area contributed by atoms with Crippen molar-refractivity contribution in [1.82, 2.24) is 9.62 Å². The molecule has 1 aliphatic rings. The van der Waals surface area contributed by atoms with Crippen LogP contribution in [0.3, 0.4) is 0 Å². The average molecular weight is 452 g/mol. The van der Waals surface area contributed by atoms with E-state index in [9.17, 15) is 17.6 Å². The zero-order valence-electron chi connectivity index (χ0n) is 17.4. The number of anilines is 1. The van der Waals surface area contributed by atoms with Gasteiger partial charge in [-0.3, -0.25) is 0 Å². The second-order valence-corrected chi connectivity index (χ2v) is 8.94. The van der Waals surface area contributed by atoms with Crippen LogP contribution in [0.1, 0.15) is 12.8 Å². The molecule has 1 fully saturated rings. The van der Waals surface area contributed by atoms with Crippen LogP contribution in [-0.4, -0.2) is 53.2 Å². The molecule has 0 bridgehead atoms. The molecule has 2 aromatic rings. The van der Waals surface area contributed by atoms with Crippen molar-refractivity contribution in [3.05, 3.63) is 48.3 Å². The number of hydrogen-bond acceptors (Lipinski definition) is 5. The third kappa shape index (κ3) is 5.65. The first-order valence-corrected chi connectivity index (χ1v) is 11.3. The lowest BCUT2D eigenvalue weighted by Crippen LogP contribution is -2.43. The molecular formula is C21H26FN3O5S. The molecule has 0 aliphatic carbocycles. The highest BCUT2D eigenvalue weighted by molar-refractivity contribution is 7.89. The van der Waals surface area contributed by atoms with E-state index in [1.807, 2.05) is 12.1 Å². The maximum absolute atomic E-state index is 13.5. The van der Waals surface area contributed by atoms with Gasteiger partial charge in [0.05, 0.1) is 19.9 Å². The van der Waals surface area contributed by atoms with E-state index in [2.05, 4.69) is 10.0 Å². The lowest BCUT2D eigenvalue weighted by Gasteiger charge is -2.32. The molecule has 2 amide bonds. The summed E-state index contributed by atoms with van der Waals surface area (Å²) < 4.78 is 51.5. The number of para-hydroxylation sites is 2. The zero-order valence-corrected chi connectivity index (χ0v) is 18.2. The number of ether oxygens (including phenoxy) is 2. The second kappa shape index (κ2) is 9.97. The molecule has 2 N–H and O–H groups in total. The number of likely N-dealkylation sites (tertiary alicyclic amines) is 1. The molecule has 1 heterocycles. The number of amides is 2. The summed E-state index contributed by atoms with van der Waals surface area (Å²) in [5.41, 5.74) is 0.592. The Bertz CT molecular complexity index is 1020. The minimum absolute atomic E-state index is 0.0599. The van der Waals surface area contributed by atoms with E-state index in [0.29, 0.717) is 37.4 Å². The monoisotopic (exact) mass is 451 g/mol. The molecule has 168 valence electrons. The van der Waals surface area contributed by atoms with Crippen molar-refractivity contribution in [3.8, 4) is 11.5 Å². The summed E-state index contributed by atoms with van der Waals surface area (Å²) in [5, 5.41) is 2.84. The minimum Gasteiger partial charge on any atom is -0.495 e. The topological polar surface area (TPSA) is 97.0 Å². The van der Waals surface area contributed by atoms with Crippen molar-refractivity contribution in [3.63, 3.8) is 0 Å². The SMILES string of the molecule is COc1ccccc1NC(=O)N1CCC(CNS(=O)(=O)c2cc(F)ccc2OC)CC1. The van der Waals surface area contributed by atoms with Gasteiger partial charge in [-0.2, -0.15) is 0 Å². The van der Waals surface area contributed by atoms with Crippen LogP contribution >= 0.6 is 0 Å². The van der Waals surface area contributed by atoms with Crippen molar-refractivity contribution < 1.29 is 27.1 Å². The van der Waals surface area contributed by atoms with Gasteiger partial charge in [-0.25, -0.2) is 22.3 Å². The fraction of sp³-hybridized carbons (Fsp3) is 0.381. The van der Waals surface area contributed by atoms with E-state index in [4.69, 9.17) is 9.47 Å². The van der Waals surface area contributed by atoms with E-state index >= 15 is 0 Å². The first kappa shape index (κ1) is 22.8. The number of hydrogen-bond donors (Lipinski definition) is 2. The molecule has 31 heavy (non-hydrogen) atoms. The number of piperidine rings is 1. The predicted molar refractivity (Wildman–Crippen MR) is 114 cm³/mol. The summed E-state index contributed by atoms with van der Waals surface area (Å²) in [6, 6.07) is 10.3. The molecule has 1 aliphatic heterocycles. The Balaban J connectivity index is 1.53. The van der Waals surface area contributed by atoms with Crippen LogP contribution in [0.5, 0.6) is 11.5 Å². The molecule has 8 nitrogen and oxygen atoms in total. The van der Waals surface area contributed by atoms with Crippen molar-refractivity contribution in [2.45, 2.75) is 17.7 Å². The Labute approximate surface area is 181 Å². The van der Waals surface area contributed by atoms with E-state index in [1.165, 1.54) is 20.3 Å². The van der Waals surface area contributed by atoms with E-state index in [0.717, 1.165) is 12.1 Å². The fourth-order valence-electron chi connectivity index (χ4n) is 3.45. The molecule has 1 saturated heterocycles. The van der Waals surface area contributed by atoms with E-state index < -0.39 is 15.8 Å². The quantitative estimate of drug-likeness (QED) is 0.674. The zero-order chi connectivity index (χ0) is 22.4. The highest BCUT2D eigenvalue weighted by atomic mass is 32.2. The number of halogens is 1. The number of nitrogens with zero attached hydrogens (tertiary/aromatic N) is 1. The molecular weight excluding hydrogens is 425 g/mol. The van der Waals surface area contributed by atoms with Crippen molar-refractivity contribution >= 4 is 21.7 Å². The number of carbonyl (C=O) groups is 1. The summed E-state index contributed by atoms with van der Waals surface area (Å²) in [6.45, 7) is 1.19. The van der Waals surface area contributed by atoms with Gasteiger partial charge in [0.2, 0.25) is 10.0 Å². The molecule has 0 atom stereocenters. The number of carbonyl (C=O) groups excluding carboxylic acids is 1. The van der Waals surface area contributed by atoms with Crippen LogP contribution in [0.25, 0.3) is 0 Å². The molecule has 0 unspecified atom stereocenters. The van der Waals surface area contributed by atoms with Crippen molar-refractivity contribution in [1.29, 1.82) is 0 Å². The lowest BCUT2D eigenvalue weighted by molar-refractivity contribution is 0.183. The molecule has 0 spiro atoms. The highest BCUT2D eigenvalue weighted by Crippen LogP contribution is 2.26. The largest absolute Gasteiger partial charge is 0.495 e. The van der Waals surface area contributed by atoms with Crippen molar-refractivity contribution in [2.24, 2.45) is 5.92 Å². The molecule has 3 rings (SSSR count). The van der Waals surface area contributed by atoms with Gasteiger partial charge in [0.15, 0.2) is 0 Å².